The maximum atomic E-state index is 10.8. The Labute approximate surface area is 104 Å². The summed E-state index contributed by atoms with van der Waals surface area (Å²) in [5, 5.41) is 10.8. The number of nitrogens with zero attached hydrogens (tertiary/aromatic N) is 1. The summed E-state index contributed by atoms with van der Waals surface area (Å²) in [5.74, 6) is 0. The zero-order chi connectivity index (χ0) is 12.7. The molecule has 17 heavy (non-hydrogen) atoms. The molecule has 0 bridgehead atoms. The van der Waals surface area contributed by atoms with Gasteiger partial charge in [-0.15, -0.1) is 0 Å². The van der Waals surface area contributed by atoms with Gasteiger partial charge in [-0.1, -0.05) is 6.92 Å². The Kier molecular flexibility index (Phi) is 3.28. The van der Waals surface area contributed by atoms with Gasteiger partial charge in [0.05, 0.1) is 17.7 Å². The van der Waals surface area contributed by atoms with Gasteiger partial charge in [0, 0.05) is 13.0 Å². The highest BCUT2D eigenvalue weighted by Gasteiger charge is 2.56. The molecular formula is C13H26N2O2. The molecule has 2 unspecified atom stereocenters. The minimum Gasteiger partial charge on any atom is -0.385 e. The van der Waals surface area contributed by atoms with Gasteiger partial charge < -0.3 is 20.5 Å². The van der Waals surface area contributed by atoms with Crippen LogP contribution in [0.15, 0.2) is 0 Å². The van der Waals surface area contributed by atoms with E-state index in [0.29, 0.717) is 13.0 Å². The van der Waals surface area contributed by atoms with Gasteiger partial charge in [-0.25, -0.2) is 0 Å². The predicted octanol–water partition coefficient (Wildman–Crippen LogP) is 0.730. The summed E-state index contributed by atoms with van der Waals surface area (Å²) in [6.45, 7) is 9.43. The average Bonchev–Trinajstić information content (AvgIpc) is 2.55. The summed E-state index contributed by atoms with van der Waals surface area (Å²) in [5.41, 5.74) is 4.87. The minimum atomic E-state index is -0.871. The van der Waals surface area contributed by atoms with Crippen LogP contribution >= 0.6 is 0 Å². The molecule has 0 saturated carbocycles. The van der Waals surface area contributed by atoms with Crippen molar-refractivity contribution < 1.29 is 9.84 Å². The van der Waals surface area contributed by atoms with E-state index in [0.717, 1.165) is 32.5 Å². The monoisotopic (exact) mass is 242 g/mol. The molecule has 2 aliphatic heterocycles. The van der Waals surface area contributed by atoms with E-state index in [-0.39, 0.29) is 5.60 Å². The van der Waals surface area contributed by atoms with E-state index in [2.05, 4.69) is 11.8 Å². The van der Waals surface area contributed by atoms with Gasteiger partial charge in [-0.3, -0.25) is 0 Å². The Morgan fingerprint density at radius 3 is 2.65 bits per heavy atom. The van der Waals surface area contributed by atoms with E-state index in [1.807, 2.05) is 13.8 Å². The van der Waals surface area contributed by atoms with Crippen LogP contribution in [0, 0.1) is 0 Å². The van der Waals surface area contributed by atoms with Crippen molar-refractivity contribution in [3.8, 4) is 0 Å². The van der Waals surface area contributed by atoms with Gasteiger partial charge in [-0.2, -0.15) is 0 Å². The first kappa shape index (κ1) is 13.3. The van der Waals surface area contributed by atoms with Crippen molar-refractivity contribution in [1.82, 2.24) is 4.90 Å². The summed E-state index contributed by atoms with van der Waals surface area (Å²) in [7, 11) is 0. The van der Waals surface area contributed by atoms with Crippen LogP contribution in [0.25, 0.3) is 0 Å². The third kappa shape index (κ3) is 2.36. The van der Waals surface area contributed by atoms with Gasteiger partial charge in [0.2, 0.25) is 0 Å². The molecule has 0 aromatic carbocycles. The quantitative estimate of drug-likeness (QED) is 0.749. The topological polar surface area (TPSA) is 58.7 Å². The maximum Gasteiger partial charge on any atom is 0.110 e. The molecular weight excluding hydrogens is 216 g/mol. The number of aliphatic hydroxyl groups is 1. The molecule has 0 amide bonds. The summed E-state index contributed by atoms with van der Waals surface area (Å²) >= 11 is 0. The Morgan fingerprint density at radius 1 is 1.41 bits per heavy atom. The van der Waals surface area contributed by atoms with Gasteiger partial charge >= 0.3 is 0 Å². The van der Waals surface area contributed by atoms with E-state index in [1.165, 1.54) is 0 Å². The third-order valence-corrected chi connectivity index (χ3v) is 4.40. The number of hydrogen-bond donors (Lipinski definition) is 2. The molecule has 3 N–H and O–H groups in total. The number of hydrogen-bond acceptors (Lipinski definition) is 4. The fourth-order valence-electron chi connectivity index (χ4n) is 3.27. The molecule has 0 spiro atoms. The number of likely N-dealkylation sites (tertiary alicyclic amines) is 1. The maximum absolute atomic E-state index is 10.8. The van der Waals surface area contributed by atoms with Crippen molar-refractivity contribution in [2.24, 2.45) is 5.73 Å². The predicted molar refractivity (Wildman–Crippen MR) is 67.9 cm³/mol. The van der Waals surface area contributed by atoms with Crippen molar-refractivity contribution in [3.05, 3.63) is 0 Å². The van der Waals surface area contributed by atoms with E-state index in [1.54, 1.807) is 0 Å². The zero-order valence-electron chi connectivity index (χ0n) is 11.3. The van der Waals surface area contributed by atoms with E-state index in [9.17, 15) is 5.11 Å². The van der Waals surface area contributed by atoms with E-state index < -0.39 is 11.1 Å². The highest BCUT2D eigenvalue weighted by molar-refractivity contribution is 5.11. The standard InChI is InChI=1S/C13H26N2O2/c1-4-15-7-5-6-12(14,9-15)13(16)8-11(2,3)17-10-13/h16H,4-10,14H2,1-3H3. The van der Waals surface area contributed by atoms with Gasteiger partial charge in [-0.05, 0) is 39.8 Å². The molecule has 0 radical (unpaired) electrons. The number of likely N-dealkylation sites (N-methyl/N-ethyl adjacent to an activating group) is 1. The lowest BCUT2D eigenvalue weighted by molar-refractivity contribution is -0.0688. The summed E-state index contributed by atoms with van der Waals surface area (Å²) < 4.78 is 5.69. The van der Waals surface area contributed by atoms with Crippen LogP contribution in [0.2, 0.25) is 0 Å². The largest absolute Gasteiger partial charge is 0.385 e. The lowest BCUT2D eigenvalue weighted by Gasteiger charge is -2.48. The molecule has 0 aliphatic carbocycles. The minimum absolute atomic E-state index is 0.254. The first-order valence-electron chi connectivity index (χ1n) is 6.68. The molecule has 0 aromatic heterocycles. The first-order chi connectivity index (χ1) is 7.80. The van der Waals surface area contributed by atoms with Crippen molar-refractivity contribution in [1.29, 1.82) is 0 Å². The molecule has 2 saturated heterocycles. The second-order valence-electron chi connectivity index (χ2n) is 6.39. The molecule has 2 aliphatic rings. The first-order valence-corrected chi connectivity index (χ1v) is 6.68. The van der Waals surface area contributed by atoms with Gasteiger partial charge in [0.15, 0.2) is 0 Å². The molecule has 2 heterocycles. The van der Waals surface area contributed by atoms with Crippen molar-refractivity contribution in [2.45, 2.75) is 56.8 Å². The normalized spacial score (nSPS) is 42.9. The number of piperidine rings is 1. The number of nitrogens with two attached hydrogens (primary N) is 1. The number of rotatable bonds is 2. The molecule has 2 fully saturated rings. The Bertz CT molecular complexity index is 295. The Hall–Kier alpha value is -0.160. The molecule has 2 atom stereocenters. The van der Waals surface area contributed by atoms with Crippen molar-refractivity contribution >= 4 is 0 Å². The molecule has 0 aromatic rings. The summed E-state index contributed by atoms with van der Waals surface area (Å²) in [6.07, 6.45) is 2.58. The van der Waals surface area contributed by atoms with Crippen molar-refractivity contribution in [2.75, 3.05) is 26.2 Å². The van der Waals surface area contributed by atoms with E-state index >= 15 is 0 Å². The highest BCUT2D eigenvalue weighted by atomic mass is 16.5. The second kappa shape index (κ2) is 4.19. The van der Waals surface area contributed by atoms with Crippen LogP contribution < -0.4 is 5.73 Å². The molecule has 2 rings (SSSR count). The van der Waals surface area contributed by atoms with Crippen LogP contribution in [0.3, 0.4) is 0 Å². The Balaban J connectivity index is 2.14. The van der Waals surface area contributed by atoms with Crippen LogP contribution in [0.5, 0.6) is 0 Å². The lowest BCUT2D eigenvalue weighted by atomic mass is 9.72. The third-order valence-electron chi connectivity index (χ3n) is 4.40. The molecule has 4 nitrogen and oxygen atoms in total. The average molecular weight is 242 g/mol. The molecule has 4 heteroatoms. The summed E-state index contributed by atoms with van der Waals surface area (Å²) in [6, 6.07) is 0. The highest BCUT2D eigenvalue weighted by Crippen LogP contribution is 2.41. The smallest absolute Gasteiger partial charge is 0.110 e. The van der Waals surface area contributed by atoms with Gasteiger partial charge in [0.1, 0.15) is 5.60 Å². The van der Waals surface area contributed by atoms with Crippen LogP contribution in [-0.2, 0) is 4.74 Å². The SMILES string of the molecule is CCN1CCCC(N)(C2(O)COC(C)(C)C2)C1. The van der Waals surface area contributed by atoms with Crippen LogP contribution in [0.1, 0.15) is 40.0 Å². The van der Waals surface area contributed by atoms with Crippen molar-refractivity contribution in [3.63, 3.8) is 0 Å². The van der Waals surface area contributed by atoms with E-state index in [4.69, 9.17) is 10.5 Å². The fraction of sp³-hybridized carbons (Fsp3) is 1.00. The molecule has 100 valence electrons. The zero-order valence-corrected chi connectivity index (χ0v) is 11.3. The van der Waals surface area contributed by atoms with Crippen LogP contribution in [0.4, 0.5) is 0 Å². The lowest BCUT2D eigenvalue weighted by Crippen LogP contribution is -2.68. The van der Waals surface area contributed by atoms with Gasteiger partial charge in [0.25, 0.3) is 0 Å². The second-order valence-corrected chi connectivity index (χ2v) is 6.39. The number of ether oxygens (including phenoxy) is 1. The van der Waals surface area contributed by atoms with Crippen LogP contribution in [-0.4, -0.2) is 53.0 Å². The fourth-order valence-corrected chi connectivity index (χ4v) is 3.27. The Morgan fingerprint density at radius 2 is 2.12 bits per heavy atom. The summed E-state index contributed by atoms with van der Waals surface area (Å²) in [4.78, 5) is 2.33.